The van der Waals surface area contributed by atoms with Gasteiger partial charge in [0, 0.05) is 52.4 Å². The number of aryl methyl sites for hydroxylation is 1. The summed E-state index contributed by atoms with van der Waals surface area (Å²) in [4.78, 5) is 12.6. The Labute approximate surface area is 201 Å². The van der Waals surface area contributed by atoms with Gasteiger partial charge in [-0.1, -0.05) is 11.6 Å². The maximum atomic E-state index is 12.6. The highest BCUT2D eigenvalue weighted by Crippen LogP contribution is 2.33. The molecule has 1 fully saturated rings. The highest BCUT2D eigenvalue weighted by Gasteiger charge is 2.22. The zero-order valence-corrected chi connectivity index (χ0v) is 19.4. The third kappa shape index (κ3) is 4.56. The molecule has 8 heteroatoms. The smallest absolute Gasteiger partial charge is 0.228 e. The number of amides is 1. The molecule has 1 aliphatic heterocycles. The van der Waals surface area contributed by atoms with E-state index in [1.165, 1.54) is 0 Å². The average molecular weight is 475 g/mol. The summed E-state index contributed by atoms with van der Waals surface area (Å²) in [5, 5.41) is 18.1. The molecule has 0 bridgehead atoms. The first kappa shape index (κ1) is 22.2. The van der Waals surface area contributed by atoms with Crippen LogP contribution >= 0.6 is 11.6 Å². The molecule has 0 aliphatic carbocycles. The van der Waals surface area contributed by atoms with E-state index in [-0.39, 0.29) is 11.8 Å². The van der Waals surface area contributed by atoms with E-state index in [0.717, 1.165) is 40.6 Å². The van der Waals surface area contributed by atoms with Crippen molar-refractivity contribution in [2.45, 2.75) is 26.3 Å². The van der Waals surface area contributed by atoms with E-state index in [1.54, 1.807) is 12.1 Å². The topological polar surface area (TPSA) is 93.1 Å². The minimum absolute atomic E-state index is 0.0174. The molecule has 2 aromatic heterocycles. The molecule has 34 heavy (non-hydrogen) atoms. The van der Waals surface area contributed by atoms with E-state index in [9.17, 15) is 4.79 Å². The van der Waals surface area contributed by atoms with Crippen LogP contribution in [0.5, 0.6) is 0 Å². The number of furan rings is 1. The number of hydrogen-bond donors (Lipinski definition) is 1. The minimum Gasteiger partial charge on any atom is -0.456 e. The summed E-state index contributed by atoms with van der Waals surface area (Å²) in [6.45, 7) is 3.62. The highest BCUT2D eigenvalue weighted by molar-refractivity contribution is 6.31. The molecule has 1 amide bonds. The Kier molecular flexibility index (Phi) is 6.10. The van der Waals surface area contributed by atoms with Crippen LogP contribution in [0.4, 0.5) is 5.82 Å². The fraction of sp³-hybridized carbons (Fsp3) is 0.269. The van der Waals surface area contributed by atoms with E-state index in [2.05, 4.69) is 16.5 Å². The van der Waals surface area contributed by atoms with Gasteiger partial charge in [0.05, 0.1) is 18.2 Å². The molecule has 1 saturated heterocycles. The lowest BCUT2D eigenvalue weighted by Gasteiger charge is -2.20. The van der Waals surface area contributed by atoms with Crippen LogP contribution < -0.4 is 5.32 Å². The predicted molar refractivity (Wildman–Crippen MR) is 130 cm³/mol. The SMILES string of the molecule is Cc1cc(NC(=O)C2CCOCC2)nn1Cc1cc(Cl)cc2cc(-c3ccc(C#N)cc3)oc12. The number of carbonyl (C=O) groups excluding carboxylic acids is 1. The van der Waals surface area contributed by atoms with Gasteiger partial charge in [0.1, 0.15) is 11.3 Å². The first-order chi connectivity index (χ1) is 16.5. The Balaban J connectivity index is 1.40. The molecule has 0 saturated carbocycles. The van der Waals surface area contributed by atoms with E-state index < -0.39 is 0 Å². The van der Waals surface area contributed by atoms with Gasteiger partial charge < -0.3 is 14.5 Å². The molecule has 0 atom stereocenters. The van der Waals surface area contributed by atoms with Gasteiger partial charge in [-0.3, -0.25) is 9.48 Å². The van der Waals surface area contributed by atoms with Crippen LogP contribution in [-0.4, -0.2) is 28.9 Å². The first-order valence-electron chi connectivity index (χ1n) is 11.2. The van der Waals surface area contributed by atoms with Crippen LogP contribution in [0.25, 0.3) is 22.3 Å². The molecule has 3 heterocycles. The zero-order valence-electron chi connectivity index (χ0n) is 18.7. The lowest BCUT2D eigenvalue weighted by molar-refractivity contribution is -0.122. The average Bonchev–Trinajstić information content (AvgIpc) is 3.42. The number of fused-ring (bicyclic) bond motifs is 1. The van der Waals surface area contributed by atoms with Crippen molar-refractivity contribution in [3.63, 3.8) is 0 Å². The Morgan fingerprint density at radius 3 is 2.71 bits per heavy atom. The van der Waals surface area contributed by atoms with Crippen LogP contribution in [0.3, 0.4) is 0 Å². The summed E-state index contributed by atoms with van der Waals surface area (Å²) < 4.78 is 13.4. The van der Waals surface area contributed by atoms with E-state index in [1.807, 2.05) is 48.0 Å². The number of rotatable bonds is 5. The fourth-order valence-electron chi connectivity index (χ4n) is 4.23. The summed E-state index contributed by atoms with van der Waals surface area (Å²) in [6.07, 6.45) is 1.46. The van der Waals surface area contributed by atoms with Gasteiger partial charge in [-0.05, 0) is 62.2 Å². The molecule has 4 aromatic rings. The number of nitrogens with zero attached hydrogens (tertiary/aromatic N) is 3. The minimum atomic E-state index is -0.0458. The molecule has 1 N–H and O–H groups in total. The van der Waals surface area contributed by atoms with Crippen molar-refractivity contribution in [1.82, 2.24) is 9.78 Å². The second-order valence-electron chi connectivity index (χ2n) is 8.49. The summed E-state index contributed by atoms with van der Waals surface area (Å²) >= 11 is 6.41. The van der Waals surface area contributed by atoms with Crippen LogP contribution in [0.2, 0.25) is 5.02 Å². The second-order valence-corrected chi connectivity index (χ2v) is 8.92. The third-order valence-corrected chi connectivity index (χ3v) is 6.32. The number of anilines is 1. The number of carbonyl (C=O) groups is 1. The quantitative estimate of drug-likeness (QED) is 0.409. The molecule has 0 radical (unpaired) electrons. The van der Waals surface area contributed by atoms with Crippen molar-refractivity contribution in [3.05, 3.63) is 70.4 Å². The van der Waals surface area contributed by atoms with Crippen LogP contribution in [0.1, 0.15) is 29.7 Å². The Hall–Kier alpha value is -3.60. The van der Waals surface area contributed by atoms with Crippen molar-refractivity contribution in [2.75, 3.05) is 18.5 Å². The second kappa shape index (κ2) is 9.34. The molecule has 0 unspecified atom stereocenters. The largest absolute Gasteiger partial charge is 0.456 e. The lowest BCUT2D eigenvalue weighted by Crippen LogP contribution is -2.28. The van der Waals surface area contributed by atoms with Crippen LogP contribution in [0.15, 0.2) is 52.9 Å². The zero-order chi connectivity index (χ0) is 23.7. The van der Waals surface area contributed by atoms with Crippen LogP contribution in [-0.2, 0) is 16.1 Å². The fourth-order valence-corrected chi connectivity index (χ4v) is 4.48. The molecular weight excluding hydrogens is 452 g/mol. The van der Waals surface area contributed by atoms with Gasteiger partial charge in [0.2, 0.25) is 5.91 Å². The number of ether oxygens (including phenoxy) is 1. The van der Waals surface area contributed by atoms with Crippen molar-refractivity contribution < 1.29 is 13.9 Å². The van der Waals surface area contributed by atoms with Gasteiger partial charge in [-0.2, -0.15) is 10.4 Å². The Bertz CT molecular complexity index is 1390. The van der Waals surface area contributed by atoms with Gasteiger partial charge in [0.15, 0.2) is 5.82 Å². The molecule has 2 aromatic carbocycles. The molecule has 5 rings (SSSR count). The molecule has 1 aliphatic rings. The van der Waals surface area contributed by atoms with Gasteiger partial charge >= 0.3 is 0 Å². The maximum absolute atomic E-state index is 12.6. The number of hydrogen-bond acceptors (Lipinski definition) is 5. The summed E-state index contributed by atoms with van der Waals surface area (Å²) in [5.41, 5.74) is 4.00. The highest BCUT2D eigenvalue weighted by atomic mass is 35.5. The monoisotopic (exact) mass is 474 g/mol. The van der Waals surface area contributed by atoms with Crippen molar-refractivity contribution in [1.29, 1.82) is 5.26 Å². The number of benzene rings is 2. The maximum Gasteiger partial charge on any atom is 0.228 e. The van der Waals surface area contributed by atoms with Gasteiger partial charge in [-0.15, -0.1) is 0 Å². The molecule has 172 valence electrons. The summed E-state index contributed by atoms with van der Waals surface area (Å²) in [5.74, 6) is 1.17. The number of halogens is 1. The molecule has 7 nitrogen and oxygen atoms in total. The van der Waals surface area contributed by atoms with Crippen molar-refractivity contribution in [2.24, 2.45) is 5.92 Å². The Morgan fingerprint density at radius 2 is 1.97 bits per heavy atom. The summed E-state index contributed by atoms with van der Waals surface area (Å²) in [6, 6.07) is 16.9. The normalized spacial score (nSPS) is 14.3. The number of aromatic nitrogens is 2. The van der Waals surface area contributed by atoms with Crippen molar-refractivity contribution >= 4 is 34.3 Å². The summed E-state index contributed by atoms with van der Waals surface area (Å²) in [7, 11) is 0. The van der Waals surface area contributed by atoms with E-state index >= 15 is 0 Å². The van der Waals surface area contributed by atoms with Gasteiger partial charge in [0.25, 0.3) is 0 Å². The number of nitriles is 1. The number of nitrogens with one attached hydrogen (secondary N) is 1. The molecule has 0 spiro atoms. The first-order valence-corrected chi connectivity index (χ1v) is 11.5. The molecular formula is C26H23ClN4O3. The van der Waals surface area contributed by atoms with Crippen molar-refractivity contribution in [3.8, 4) is 17.4 Å². The van der Waals surface area contributed by atoms with E-state index in [0.29, 0.717) is 41.9 Å². The lowest BCUT2D eigenvalue weighted by atomic mass is 9.99. The van der Waals surface area contributed by atoms with Gasteiger partial charge in [-0.25, -0.2) is 0 Å². The third-order valence-electron chi connectivity index (χ3n) is 6.10. The Morgan fingerprint density at radius 1 is 1.21 bits per heavy atom. The van der Waals surface area contributed by atoms with E-state index in [4.69, 9.17) is 26.0 Å². The standard InChI is InChI=1S/C26H23ClN4O3/c1-16-10-24(29-26(32)19-6-8-33-9-7-19)30-31(16)15-21-12-22(27)11-20-13-23(34-25(20)21)18-4-2-17(14-28)3-5-18/h2-5,10-13,19H,6-9,15H2,1H3,(H,29,30,32). The van der Waals surface area contributed by atoms with Crippen LogP contribution in [0, 0.1) is 24.2 Å². The predicted octanol–water partition coefficient (Wildman–Crippen LogP) is 5.54.